The Morgan fingerprint density at radius 1 is 1.42 bits per heavy atom. The predicted octanol–water partition coefficient (Wildman–Crippen LogP) is 1.51. The third-order valence-electron chi connectivity index (χ3n) is 3.21. The number of hydrogen-bond donors (Lipinski definition) is 0. The highest BCUT2D eigenvalue weighted by atomic mass is 16.6. The summed E-state index contributed by atoms with van der Waals surface area (Å²) in [5, 5.41) is 19.3. The molecular formula is C13H13N3O3. The Bertz CT molecular complexity index is 533. The summed E-state index contributed by atoms with van der Waals surface area (Å²) in [6.07, 6.45) is 0.943. The second-order valence-corrected chi connectivity index (χ2v) is 4.54. The molecule has 0 N–H and O–H groups in total. The smallest absolute Gasteiger partial charge is 0.269 e. The van der Waals surface area contributed by atoms with E-state index >= 15 is 0 Å². The van der Waals surface area contributed by atoms with Crippen LogP contribution in [0, 0.1) is 27.4 Å². The number of benzene rings is 1. The van der Waals surface area contributed by atoms with E-state index in [4.69, 9.17) is 5.26 Å². The van der Waals surface area contributed by atoms with Crippen molar-refractivity contribution in [3.05, 3.63) is 39.9 Å². The number of hydrogen-bond acceptors (Lipinski definition) is 4. The lowest BCUT2D eigenvalue weighted by molar-refractivity contribution is -0.384. The van der Waals surface area contributed by atoms with E-state index in [0.717, 1.165) is 5.56 Å². The number of nitro benzene ring substituents is 1. The molecule has 1 amide bonds. The van der Waals surface area contributed by atoms with Crippen LogP contribution in [-0.4, -0.2) is 28.8 Å². The topological polar surface area (TPSA) is 87.2 Å². The number of carbonyl (C=O) groups excluding carboxylic acids is 1. The molecule has 1 unspecified atom stereocenters. The Hall–Kier alpha value is -2.42. The van der Waals surface area contributed by atoms with Crippen LogP contribution in [0.2, 0.25) is 0 Å². The van der Waals surface area contributed by atoms with Gasteiger partial charge < -0.3 is 4.90 Å². The van der Waals surface area contributed by atoms with Gasteiger partial charge in [0.2, 0.25) is 5.91 Å². The zero-order chi connectivity index (χ0) is 13.8. The van der Waals surface area contributed by atoms with Crippen LogP contribution in [0.3, 0.4) is 0 Å². The molecule has 0 aliphatic carbocycles. The van der Waals surface area contributed by atoms with Crippen molar-refractivity contribution >= 4 is 11.6 Å². The van der Waals surface area contributed by atoms with E-state index in [0.29, 0.717) is 25.9 Å². The Morgan fingerprint density at radius 2 is 2.11 bits per heavy atom. The summed E-state index contributed by atoms with van der Waals surface area (Å²) in [6.45, 7) is 1.04. The minimum absolute atomic E-state index is 0.00783. The Labute approximate surface area is 110 Å². The van der Waals surface area contributed by atoms with Crippen molar-refractivity contribution in [1.82, 2.24) is 4.90 Å². The average molecular weight is 259 g/mol. The first-order valence-corrected chi connectivity index (χ1v) is 6.01. The molecule has 2 rings (SSSR count). The number of likely N-dealkylation sites (tertiary alicyclic amines) is 1. The van der Waals surface area contributed by atoms with Gasteiger partial charge in [-0.05, 0) is 12.0 Å². The molecule has 0 spiro atoms. The largest absolute Gasteiger partial charge is 0.341 e. The lowest BCUT2D eigenvalue weighted by Gasteiger charge is -2.15. The summed E-state index contributed by atoms with van der Waals surface area (Å²) >= 11 is 0. The maximum Gasteiger partial charge on any atom is 0.269 e. The fourth-order valence-electron chi connectivity index (χ4n) is 2.12. The number of nitriles is 1. The van der Waals surface area contributed by atoms with Gasteiger partial charge in [0.05, 0.1) is 16.9 Å². The van der Waals surface area contributed by atoms with E-state index < -0.39 is 4.92 Å². The summed E-state index contributed by atoms with van der Waals surface area (Å²) in [4.78, 5) is 23.3. The molecule has 0 bridgehead atoms. The van der Waals surface area contributed by atoms with Crippen LogP contribution >= 0.6 is 0 Å². The highest BCUT2D eigenvalue weighted by Gasteiger charge is 2.28. The molecular weight excluding hydrogens is 246 g/mol. The molecule has 0 saturated carbocycles. The van der Waals surface area contributed by atoms with Gasteiger partial charge >= 0.3 is 0 Å². The van der Waals surface area contributed by atoms with Gasteiger partial charge in [0, 0.05) is 31.6 Å². The molecule has 1 heterocycles. The number of amides is 1. The molecule has 1 atom stereocenters. The second kappa shape index (κ2) is 5.48. The number of rotatable bonds is 4. The maximum absolute atomic E-state index is 11.6. The molecule has 1 aliphatic heterocycles. The van der Waals surface area contributed by atoms with Crippen LogP contribution < -0.4 is 0 Å². The molecule has 0 radical (unpaired) electrons. The average Bonchev–Trinajstić information content (AvgIpc) is 2.77. The fraction of sp³-hybridized carbons (Fsp3) is 0.385. The first-order chi connectivity index (χ1) is 9.10. The Morgan fingerprint density at radius 3 is 2.63 bits per heavy atom. The normalized spacial score (nSPS) is 18.4. The standard InChI is InChI=1S/C13H13N3O3/c14-8-11-7-13(17)15(9-11)6-5-10-1-3-12(4-2-10)16(18)19/h1-4,11H,5-7,9H2. The van der Waals surface area contributed by atoms with Crippen LogP contribution in [0.25, 0.3) is 0 Å². The SMILES string of the molecule is N#CC1CC(=O)N(CCc2ccc([N+](=O)[O-])cc2)C1. The first kappa shape index (κ1) is 13.0. The highest BCUT2D eigenvalue weighted by molar-refractivity contribution is 5.79. The minimum Gasteiger partial charge on any atom is -0.341 e. The van der Waals surface area contributed by atoms with Gasteiger partial charge in [0.15, 0.2) is 0 Å². The van der Waals surface area contributed by atoms with Gasteiger partial charge in [-0.25, -0.2) is 0 Å². The van der Waals surface area contributed by atoms with Crippen molar-refractivity contribution < 1.29 is 9.72 Å². The zero-order valence-corrected chi connectivity index (χ0v) is 10.3. The summed E-state index contributed by atoms with van der Waals surface area (Å²) in [6, 6.07) is 8.41. The van der Waals surface area contributed by atoms with Crippen molar-refractivity contribution in [2.75, 3.05) is 13.1 Å². The molecule has 98 valence electrons. The van der Waals surface area contributed by atoms with E-state index in [2.05, 4.69) is 6.07 Å². The Kier molecular flexibility index (Phi) is 3.76. The van der Waals surface area contributed by atoms with E-state index in [9.17, 15) is 14.9 Å². The molecule has 19 heavy (non-hydrogen) atoms. The van der Waals surface area contributed by atoms with E-state index in [-0.39, 0.29) is 17.5 Å². The number of nitrogens with zero attached hydrogens (tertiary/aromatic N) is 3. The summed E-state index contributed by atoms with van der Waals surface area (Å²) in [7, 11) is 0. The van der Waals surface area contributed by atoms with Crippen molar-refractivity contribution in [3.8, 4) is 6.07 Å². The van der Waals surface area contributed by atoms with Crippen molar-refractivity contribution in [1.29, 1.82) is 5.26 Å². The molecule has 1 aromatic rings. The third kappa shape index (κ3) is 3.07. The highest BCUT2D eigenvalue weighted by Crippen LogP contribution is 2.18. The molecule has 0 aromatic heterocycles. The van der Waals surface area contributed by atoms with Crippen LogP contribution in [-0.2, 0) is 11.2 Å². The molecule has 1 saturated heterocycles. The van der Waals surface area contributed by atoms with E-state index in [1.807, 2.05) is 0 Å². The quantitative estimate of drug-likeness (QED) is 0.605. The van der Waals surface area contributed by atoms with Crippen LogP contribution in [0.4, 0.5) is 5.69 Å². The number of non-ortho nitro benzene ring substituents is 1. The second-order valence-electron chi connectivity index (χ2n) is 4.54. The summed E-state index contributed by atoms with van der Waals surface area (Å²) in [5.74, 6) is -0.196. The Balaban J connectivity index is 1.91. The lowest BCUT2D eigenvalue weighted by atomic mass is 10.1. The van der Waals surface area contributed by atoms with Gasteiger partial charge in [-0.1, -0.05) is 12.1 Å². The van der Waals surface area contributed by atoms with E-state index in [1.165, 1.54) is 12.1 Å². The maximum atomic E-state index is 11.6. The van der Waals surface area contributed by atoms with Crippen LogP contribution in [0.1, 0.15) is 12.0 Å². The van der Waals surface area contributed by atoms with Crippen molar-refractivity contribution in [2.45, 2.75) is 12.8 Å². The van der Waals surface area contributed by atoms with E-state index in [1.54, 1.807) is 17.0 Å². The van der Waals surface area contributed by atoms with Crippen molar-refractivity contribution in [2.24, 2.45) is 5.92 Å². The van der Waals surface area contributed by atoms with Gasteiger partial charge in [-0.3, -0.25) is 14.9 Å². The molecule has 6 heteroatoms. The monoisotopic (exact) mass is 259 g/mol. The third-order valence-corrected chi connectivity index (χ3v) is 3.21. The number of nitro groups is 1. The van der Waals surface area contributed by atoms with Crippen LogP contribution in [0.5, 0.6) is 0 Å². The first-order valence-electron chi connectivity index (χ1n) is 6.01. The summed E-state index contributed by atoms with van der Waals surface area (Å²) in [5.41, 5.74) is 1.00. The molecule has 1 fully saturated rings. The van der Waals surface area contributed by atoms with Gasteiger partial charge in [-0.15, -0.1) is 0 Å². The van der Waals surface area contributed by atoms with Gasteiger partial charge in [-0.2, -0.15) is 5.26 Å². The molecule has 6 nitrogen and oxygen atoms in total. The van der Waals surface area contributed by atoms with Gasteiger partial charge in [0.1, 0.15) is 0 Å². The van der Waals surface area contributed by atoms with Crippen molar-refractivity contribution in [3.63, 3.8) is 0 Å². The zero-order valence-electron chi connectivity index (χ0n) is 10.3. The lowest BCUT2D eigenvalue weighted by Crippen LogP contribution is -2.27. The predicted molar refractivity (Wildman–Crippen MR) is 67.1 cm³/mol. The summed E-state index contributed by atoms with van der Waals surface area (Å²) < 4.78 is 0. The molecule has 1 aliphatic rings. The minimum atomic E-state index is -0.439. The number of carbonyl (C=O) groups is 1. The van der Waals surface area contributed by atoms with Gasteiger partial charge in [0.25, 0.3) is 5.69 Å². The molecule has 1 aromatic carbocycles. The van der Waals surface area contributed by atoms with Crippen LogP contribution in [0.15, 0.2) is 24.3 Å². The fourth-order valence-corrected chi connectivity index (χ4v) is 2.12.